The molecule has 7 nitrogen and oxygen atoms in total. The van der Waals surface area contributed by atoms with Gasteiger partial charge in [0, 0.05) is 55.2 Å². The molecule has 7 heteroatoms. The normalized spacial score (nSPS) is 22.4. The number of hydrogen-bond acceptors (Lipinski definition) is 6. The average molecular weight is 514 g/mol. The summed E-state index contributed by atoms with van der Waals surface area (Å²) in [6.07, 6.45) is 1.76. The highest BCUT2D eigenvalue weighted by atomic mass is 16.5. The van der Waals surface area contributed by atoms with Crippen LogP contribution < -0.4 is 10.2 Å². The van der Waals surface area contributed by atoms with Crippen molar-refractivity contribution in [2.24, 2.45) is 5.92 Å². The summed E-state index contributed by atoms with van der Waals surface area (Å²) in [4.78, 5) is 26.6. The summed E-state index contributed by atoms with van der Waals surface area (Å²) < 4.78 is 5.66. The van der Waals surface area contributed by atoms with Crippen LogP contribution in [0.25, 0.3) is 11.3 Å². The van der Waals surface area contributed by atoms with Crippen molar-refractivity contribution in [2.75, 3.05) is 44.0 Å². The second kappa shape index (κ2) is 11.1. The van der Waals surface area contributed by atoms with Crippen LogP contribution in [-0.2, 0) is 4.74 Å². The number of hydrogen-bond donors (Lipinski definition) is 1. The quantitative estimate of drug-likeness (QED) is 0.414. The maximum atomic E-state index is 12.5. The minimum atomic E-state index is -0.391. The summed E-state index contributed by atoms with van der Waals surface area (Å²) in [6.45, 7) is 8.68. The lowest BCUT2D eigenvalue weighted by atomic mass is 9.74. The monoisotopic (exact) mass is 513 g/mol. The van der Waals surface area contributed by atoms with E-state index in [1.165, 1.54) is 11.3 Å². The number of nitrogens with one attached hydrogen (secondary N) is 1. The molecule has 2 aromatic carbocycles. The molecule has 4 atom stereocenters. The highest BCUT2D eigenvalue weighted by molar-refractivity contribution is 5.84. The summed E-state index contributed by atoms with van der Waals surface area (Å²) in [5, 5.41) is 2.86. The maximum Gasteiger partial charge on any atom is 0.411 e. The van der Waals surface area contributed by atoms with E-state index in [1.54, 1.807) is 0 Å². The van der Waals surface area contributed by atoms with Crippen molar-refractivity contribution in [2.45, 2.75) is 51.5 Å². The third kappa shape index (κ3) is 5.83. The number of piperidine rings is 3. The fourth-order valence-electron chi connectivity index (χ4n) is 5.78. The Balaban J connectivity index is 1.20. The first-order chi connectivity index (χ1) is 18.3. The zero-order valence-electron chi connectivity index (χ0n) is 23.1. The molecule has 3 aromatic rings. The summed E-state index contributed by atoms with van der Waals surface area (Å²) >= 11 is 0. The second-order valence-electron chi connectivity index (χ2n) is 11.2. The van der Waals surface area contributed by atoms with E-state index in [4.69, 9.17) is 14.7 Å². The lowest BCUT2D eigenvalue weighted by Gasteiger charge is -2.49. The predicted octanol–water partition coefficient (Wildman–Crippen LogP) is 6.07. The van der Waals surface area contributed by atoms with Crippen LogP contribution in [0, 0.1) is 12.8 Å². The molecule has 6 rings (SSSR count). The van der Waals surface area contributed by atoms with Crippen molar-refractivity contribution in [1.82, 2.24) is 14.9 Å². The van der Waals surface area contributed by atoms with E-state index >= 15 is 0 Å². The average Bonchev–Trinajstić information content (AvgIpc) is 2.92. The lowest BCUT2D eigenvalue weighted by molar-refractivity contribution is -0.00151. The fourth-order valence-corrected chi connectivity index (χ4v) is 5.78. The van der Waals surface area contributed by atoms with Gasteiger partial charge in [-0.3, -0.25) is 10.2 Å². The van der Waals surface area contributed by atoms with Gasteiger partial charge in [0.2, 0.25) is 0 Å². The zero-order valence-corrected chi connectivity index (χ0v) is 23.1. The van der Waals surface area contributed by atoms with Gasteiger partial charge in [-0.1, -0.05) is 38.1 Å². The fraction of sp³-hybridized carbons (Fsp3) is 0.452. The van der Waals surface area contributed by atoms with Gasteiger partial charge in [-0.2, -0.15) is 0 Å². The number of nitrogens with zero attached hydrogens (tertiary/aromatic N) is 4. The predicted molar refractivity (Wildman–Crippen MR) is 153 cm³/mol. The topological polar surface area (TPSA) is 70.6 Å². The SMILES string of the molecule is Cc1nc(-c2ccc(N(C)C)cc2)cc([C@H]2CN3CC[C@H]2C[C@@H]3COC(=O)Nc2ccc(C(C)C)cc2)n1. The molecule has 200 valence electrons. The number of aryl methyl sites for hydroxylation is 1. The van der Waals surface area contributed by atoms with Gasteiger partial charge in [-0.25, -0.2) is 14.8 Å². The van der Waals surface area contributed by atoms with Crippen LogP contribution in [0.4, 0.5) is 16.2 Å². The number of rotatable bonds is 7. The molecule has 0 saturated carbocycles. The highest BCUT2D eigenvalue weighted by Gasteiger charge is 2.42. The Bertz CT molecular complexity index is 1260. The molecular weight excluding hydrogens is 474 g/mol. The van der Waals surface area contributed by atoms with Crippen LogP contribution in [0.1, 0.15) is 55.6 Å². The summed E-state index contributed by atoms with van der Waals surface area (Å²) in [7, 11) is 4.09. The summed E-state index contributed by atoms with van der Waals surface area (Å²) in [6, 6.07) is 18.9. The minimum absolute atomic E-state index is 0.250. The third-order valence-electron chi connectivity index (χ3n) is 8.03. The molecule has 3 aliphatic heterocycles. The van der Waals surface area contributed by atoms with Crippen molar-refractivity contribution >= 4 is 17.5 Å². The van der Waals surface area contributed by atoms with E-state index in [-0.39, 0.29) is 6.04 Å². The Morgan fingerprint density at radius 2 is 1.84 bits per heavy atom. The van der Waals surface area contributed by atoms with Crippen molar-refractivity contribution in [3.8, 4) is 11.3 Å². The van der Waals surface area contributed by atoms with Gasteiger partial charge >= 0.3 is 6.09 Å². The van der Waals surface area contributed by atoms with E-state index in [0.717, 1.165) is 54.4 Å². The van der Waals surface area contributed by atoms with E-state index in [2.05, 4.69) is 59.3 Å². The number of aromatic nitrogens is 2. The van der Waals surface area contributed by atoms with Crippen molar-refractivity contribution in [1.29, 1.82) is 0 Å². The van der Waals surface area contributed by atoms with E-state index in [0.29, 0.717) is 24.4 Å². The van der Waals surface area contributed by atoms with E-state index < -0.39 is 6.09 Å². The maximum absolute atomic E-state index is 12.5. The summed E-state index contributed by atoms with van der Waals surface area (Å²) in [5.74, 6) is 2.17. The third-order valence-corrected chi connectivity index (χ3v) is 8.03. The zero-order chi connectivity index (χ0) is 26.8. The summed E-state index contributed by atoms with van der Waals surface area (Å²) in [5.41, 5.74) is 6.39. The number of carbonyl (C=O) groups excluding carboxylic acids is 1. The first-order valence-electron chi connectivity index (χ1n) is 13.7. The molecule has 4 heterocycles. The smallest absolute Gasteiger partial charge is 0.411 e. The van der Waals surface area contributed by atoms with Gasteiger partial charge in [0.1, 0.15) is 12.4 Å². The molecule has 1 amide bonds. The molecular formula is C31H39N5O2. The Hall–Kier alpha value is -3.45. The van der Waals surface area contributed by atoms with Gasteiger partial charge in [-0.15, -0.1) is 0 Å². The molecule has 0 radical (unpaired) electrons. The number of ether oxygens (including phenoxy) is 1. The molecule has 1 aromatic heterocycles. The molecule has 3 aliphatic rings. The number of amides is 1. The molecule has 1 unspecified atom stereocenters. The Morgan fingerprint density at radius 1 is 1.11 bits per heavy atom. The van der Waals surface area contributed by atoms with Crippen LogP contribution in [0.5, 0.6) is 0 Å². The van der Waals surface area contributed by atoms with E-state index in [1.807, 2.05) is 45.3 Å². The number of anilines is 2. The largest absolute Gasteiger partial charge is 0.448 e. The number of carbonyl (C=O) groups is 1. The number of fused-ring (bicyclic) bond motifs is 3. The van der Waals surface area contributed by atoms with Crippen molar-refractivity contribution in [3.63, 3.8) is 0 Å². The highest BCUT2D eigenvalue weighted by Crippen LogP contribution is 2.42. The van der Waals surface area contributed by atoms with Crippen LogP contribution in [0.2, 0.25) is 0 Å². The van der Waals surface area contributed by atoms with Gasteiger partial charge in [-0.05, 0) is 74.0 Å². The van der Waals surface area contributed by atoms with Gasteiger partial charge < -0.3 is 9.64 Å². The Labute approximate surface area is 226 Å². The van der Waals surface area contributed by atoms with Crippen LogP contribution in [-0.4, -0.2) is 60.8 Å². The Kier molecular flexibility index (Phi) is 7.65. The lowest BCUT2D eigenvalue weighted by Crippen LogP contribution is -2.54. The van der Waals surface area contributed by atoms with Gasteiger partial charge in [0.15, 0.2) is 0 Å². The van der Waals surface area contributed by atoms with Gasteiger partial charge in [0.05, 0.1) is 5.69 Å². The standard InChI is InChI=1S/C31H39N5O2/c1-20(2)22-6-10-25(11-7-22)34-31(37)38-19-27-16-24-14-15-36(27)18-28(24)30-17-29(32-21(3)33-30)23-8-12-26(13-9-23)35(4)5/h6-13,17,20,24,27-28H,14-16,18-19H2,1-5H3,(H,34,37)/t24-,27+,28-/m0/s1. The van der Waals surface area contributed by atoms with Gasteiger partial charge in [0.25, 0.3) is 0 Å². The molecule has 1 N–H and O–H groups in total. The first-order valence-corrected chi connectivity index (χ1v) is 13.7. The molecule has 3 saturated heterocycles. The Morgan fingerprint density at radius 3 is 2.47 bits per heavy atom. The molecule has 2 bridgehead atoms. The van der Waals surface area contributed by atoms with Crippen LogP contribution in [0.15, 0.2) is 54.6 Å². The molecule has 0 spiro atoms. The number of benzene rings is 2. The minimum Gasteiger partial charge on any atom is -0.448 e. The van der Waals surface area contributed by atoms with Crippen molar-refractivity contribution < 1.29 is 9.53 Å². The molecule has 38 heavy (non-hydrogen) atoms. The van der Waals surface area contributed by atoms with Crippen molar-refractivity contribution in [3.05, 3.63) is 71.7 Å². The molecule has 0 aliphatic carbocycles. The van der Waals surface area contributed by atoms with Crippen LogP contribution in [0.3, 0.4) is 0 Å². The second-order valence-corrected chi connectivity index (χ2v) is 11.2. The van der Waals surface area contributed by atoms with E-state index in [9.17, 15) is 4.79 Å². The van der Waals surface area contributed by atoms with Crippen LogP contribution >= 0.6 is 0 Å². The first kappa shape index (κ1) is 26.2. The molecule has 3 fully saturated rings.